The first-order chi connectivity index (χ1) is 11.8. The molecule has 0 atom stereocenters. The van der Waals surface area contributed by atoms with Gasteiger partial charge in [-0.15, -0.1) is 24.0 Å². The number of guanidine groups is 1. The van der Waals surface area contributed by atoms with E-state index in [0.29, 0.717) is 6.54 Å². The van der Waals surface area contributed by atoms with Gasteiger partial charge in [-0.05, 0) is 32.9 Å². The van der Waals surface area contributed by atoms with Crippen molar-refractivity contribution in [3.05, 3.63) is 23.9 Å². The minimum absolute atomic E-state index is 0. The minimum Gasteiger partial charge on any atom is -0.357 e. The maximum Gasteiger partial charge on any atom is 0.194 e. The van der Waals surface area contributed by atoms with Crippen LogP contribution in [-0.4, -0.2) is 73.6 Å². The molecular weight excluding hydrogens is 427 g/mol. The Balaban J connectivity index is 0.00000225. The molecule has 0 radical (unpaired) electrons. The lowest BCUT2D eigenvalue weighted by atomic mass is 10.2. The van der Waals surface area contributed by atoms with Crippen molar-refractivity contribution < 1.29 is 0 Å². The van der Waals surface area contributed by atoms with Gasteiger partial charge in [0.2, 0.25) is 0 Å². The molecule has 140 valence electrons. The molecule has 0 aromatic carbocycles. The van der Waals surface area contributed by atoms with Crippen LogP contribution in [0.5, 0.6) is 0 Å². The molecule has 25 heavy (non-hydrogen) atoms. The van der Waals surface area contributed by atoms with E-state index in [1.807, 2.05) is 12.3 Å². The van der Waals surface area contributed by atoms with Crippen molar-refractivity contribution >= 4 is 35.8 Å². The van der Waals surface area contributed by atoms with Gasteiger partial charge in [-0.3, -0.25) is 0 Å². The van der Waals surface area contributed by atoms with Crippen LogP contribution in [0.15, 0.2) is 23.3 Å². The molecule has 1 aromatic rings. The Morgan fingerprint density at radius 2 is 1.88 bits per heavy atom. The topological polar surface area (TPSA) is 47.0 Å². The summed E-state index contributed by atoms with van der Waals surface area (Å²) in [6, 6.07) is 4.19. The predicted molar refractivity (Wildman–Crippen MR) is 115 cm³/mol. The van der Waals surface area contributed by atoms with Gasteiger partial charge in [0.1, 0.15) is 5.82 Å². The molecule has 0 saturated carbocycles. The highest BCUT2D eigenvalue weighted by Crippen LogP contribution is 2.20. The van der Waals surface area contributed by atoms with Crippen molar-refractivity contribution in [3.8, 4) is 0 Å². The van der Waals surface area contributed by atoms with E-state index >= 15 is 0 Å². The fraction of sp³-hybridized carbons (Fsp3) is 0.667. The summed E-state index contributed by atoms with van der Waals surface area (Å²) in [5.74, 6) is 2.15. The normalized spacial score (nSPS) is 19.0. The highest BCUT2D eigenvalue weighted by atomic mass is 127. The van der Waals surface area contributed by atoms with Crippen LogP contribution in [0.3, 0.4) is 0 Å². The summed E-state index contributed by atoms with van der Waals surface area (Å²) in [7, 11) is 2.18. The summed E-state index contributed by atoms with van der Waals surface area (Å²) >= 11 is 0. The van der Waals surface area contributed by atoms with Crippen LogP contribution in [0.25, 0.3) is 0 Å². The van der Waals surface area contributed by atoms with Crippen LogP contribution in [-0.2, 0) is 6.54 Å². The predicted octanol–water partition coefficient (Wildman–Crippen LogP) is 2.01. The third-order valence-corrected chi connectivity index (χ3v) is 4.81. The van der Waals surface area contributed by atoms with Gasteiger partial charge in [0.05, 0.1) is 6.54 Å². The highest BCUT2D eigenvalue weighted by Gasteiger charge is 2.19. The Morgan fingerprint density at radius 1 is 1.16 bits per heavy atom. The van der Waals surface area contributed by atoms with Crippen LogP contribution >= 0.6 is 24.0 Å². The first-order valence-electron chi connectivity index (χ1n) is 9.18. The molecule has 0 bridgehead atoms. The van der Waals surface area contributed by atoms with E-state index in [-0.39, 0.29) is 24.0 Å². The Bertz CT molecular complexity index is 550. The van der Waals surface area contributed by atoms with Gasteiger partial charge in [0.15, 0.2) is 5.96 Å². The largest absolute Gasteiger partial charge is 0.357 e. The summed E-state index contributed by atoms with van der Waals surface area (Å²) in [5.41, 5.74) is 1.22. The Kier molecular flexibility index (Phi) is 8.21. The van der Waals surface area contributed by atoms with Gasteiger partial charge in [-0.1, -0.05) is 6.07 Å². The Hall–Kier alpha value is -1.09. The second-order valence-corrected chi connectivity index (χ2v) is 6.64. The SMILES string of the molecule is CCNC(=NCc1cccnc1N1CCN(C)CC1)N1CCCC1.I. The third kappa shape index (κ3) is 5.44. The lowest BCUT2D eigenvalue weighted by Crippen LogP contribution is -2.45. The zero-order valence-corrected chi connectivity index (χ0v) is 17.8. The molecular formula is C18H31IN6. The lowest BCUT2D eigenvalue weighted by Gasteiger charge is -2.34. The maximum absolute atomic E-state index is 4.89. The van der Waals surface area contributed by atoms with Gasteiger partial charge in [-0.25, -0.2) is 9.98 Å². The number of likely N-dealkylation sites (tertiary alicyclic amines) is 1. The number of rotatable bonds is 4. The number of nitrogens with one attached hydrogen (secondary N) is 1. The van der Waals surface area contributed by atoms with Crippen molar-refractivity contribution in [1.82, 2.24) is 20.1 Å². The van der Waals surface area contributed by atoms with E-state index in [4.69, 9.17) is 4.99 Å². The molecule has 3 heterocycles. The van der Waals surface area contributed by atoms with Gasteiger partial charge in [0, 0.05) is 57.6 Å². The molecule has 0 spiro atoms. The van der Waals surface area contributed by atoms with Gasteiger partial charge < -0.3 is 20.0 Å². The summed E-state index contributed by atoms with van der Waals surface area (Å²) in [6.07, 6.45) is 4.43. The molecule has 6 nitrogen and oxygen atoms in total. The molecule has 2 saturated heterocycles. The average Bonchev–Trinajstić information content (AvgIpc) is 3.14. The zero-order valence-electron chi connectivity index (χ0n) is 15.4. The standard InChI is InChI=1S/C18H30N6.HI/c1-3-19-18(24-9-4-5-10-24)21-15-16-7-6-8-20-17(16)23-13-11-22(2)12-14-23;/h6-8H,3-5,9-15H2,1-2H3,(H,19,21);1H. The summed E-state index contributed by atoms with van der Waals surface area (Å²) in [5, 5.41) is 3.43. The second kappa shape index (κ2) is 10.2. The fourth-order valence-corrected chi connectivity index (χ4v) is 3.37. The van der Waals surface area contributed by atoms with Crippen LogP contribution in [0.1, 0.15) is 25.3 Å². The van der Waals surface area contributed by atoms with Crippen molar-refractivity contribution in [2.24, 2.45) is 4.99 Å². The number of likely N-dealkylation sites (N-methyl/N-ethyl adjacent to an activating group) is 1. The van der Waals surface area contributed by atoms with Crippen molar-refractivity contribution in [1.29, 1.82) is 0 Å². The van der Waals surface area contributed by atoms with E-state index in [1.165, 1.54) is 18.4 Å². The Labute approximate surface area is 168 Å². The summed E-state index contributed by atoms with van der Waals surface area (Å²) < 4.78 is 0. The number of piperazine rings is 1. The molecule has 0 unspecified atom stereocenters. The van der Waals surface area contributed by atoms with E-state index in [9.17, 15) is 0 Å². The van der Waals surface area contributed by atoms with E-state index in [0.717, 1.165) is 57.6 Å². The minimum atomic E-state index is 0. The second-order valence-electron chi connectivity index (χ2n) is 6.64. The number of hydrogen-bond donors (Lipinski definition) is 1. The number of hydrogen-bond acceptors (Lipinski definition) is 4. The zero-order chi connectivity index (χ0) is 16.8. The van der Waals surface area contributed by atoms with Crippen molar-refractivity contribution in [2.75, 3.05) is 57.8 Å². The highest BCUT2D eigenvalue weighted by molar-refractivity contribution is 14.0. The molecule has 0 amide bonds. The van der Waals surface area contributed by atoms with Crippen molar-refractivity contribution in [2.45, 2.75) is 26.3 Å². The first-order valence-corrected chi connectivity index (χ1v) is 9.18. The number of anilines is 1. The number of nitrogens with zero attached hydrogens (tertiary/aromatic N) is 5. The van der Waals surface area contributed by atoms with E-state index in [1.54, 1.807) is 0 Å². The molecule has 1 N–H and O–H groups in total. The average molecular weight is 458 g/mol. The number of aromatic nitrogens is 1. The molecule has 2 fully saturated rings. The third-order valence-electron chi connectivity index (χ3n) is 4.81. The maximum atomic E-state index is 4.89. The number of pyridine rings is 1. The summed E-state index contributed by atoms with van der Waals surface area (Å²) in [6.45, 7) is 10.2. The smallest absolute Gasteiger partial charge is 0.194 e. The van der Waals surface area contributed by atoms with Gasteiger partial charge in [0.25, 0.3) is 0 Å². The lowest BCUT2D eigenvalue weighted by molar-refractivity contribution is 0.312. The molecule has 3 rings (SSSR count). The van der Waals surface area contributed by atoms with Crippen LogP contribution in [0, 0.1) is 0 Å². The molecule has 2 aliphatic heterocycles. The van der Waals surface area contributed by atoms with Gasteiger partial charge >= 0.3 is 0 Å². The molecule has 2 aliphatic rings. The number of aliphatic imine (C=N–C) groups is 1. The van der Waals surface area contributed by atoms with Crippen LogP contribution in [0.4, 0.5) is 5.82 Å². The fourth-order valence-electron chi connectivity index (χ4n) is 3.37. The van der Waals surface area contributed by atoms with Crippen LogP contribution < -0.4 is 10.2 Å². The van der Waals surface area contributed by atoms with Crippen LogP contribution in [0.2, 0.25) is 0 Å². The molecule has 1 aromatic heterocycles. The Morgan fingerprint density at radius 3 is 2.56 bits per heavy atom. The molecule has 0 aliphatic carbocycles. The van der Waals surface area contributed by atoms with E-state index in [2.05, 4.69) is 45.0 Å². The van der Waals surface area contributed by atoms with E-state index < -0.39 is 0 Å². The molecule has 7 heteroatoms. The van der Waals surface area contributed by atoms with Gasteiger partial charge in [-0.2, -0.15) is 0 Å². The quantitative estimate of drug-likeness (QED) is 0.425. The van der Waals surface area contributed by atoms with Crippen molar-refractivity contribution in [3.63, 3.8) is 0 Å². The summed E-state index contributed by atoms with van der Waals surface area (Å²) in [4.78, 5) is 16.7. The number of halogens is 1. The monoisotopic (exact) mass is 458 g/mol. The first kappa shape index (κ1) is 20.2.